The van der Waals surface area contributed by atoms with E-state index in [1.807, 2.05) is 0 Å². The van der Waals surface area contributed by atoms with E-state index < -0.39 is 23.9 Å². The minimum Gasteiger partial charge on any atom is -0.496 e. The highest BCUT2D eigenvalue weighted by Crippen LogP contribution is 2.43. The van der Waals surface area contributed by atoms with Crippen LogP contribution in [0.3, 0.4) is 0 Å². The first-order valence-electron chi connectivity index (χ1n) is 8.37. The van der Waals surface area contributed by atoms with Crippen LogP contribution in [0.4, 0.5) is 0 Å². The first-order valence-corrected chi connectivity index (χ1v) is 9.16. The number of carbonyl (C=O) groups is 1. The van der Waals surface area contributed by atoms with Crippen molar-refractivity contribution < 1.29 is 28.5 Å². The molecule has 2 heterocycles. The van der Waals surface area contributed by atoms with Crippen molar-refractivity contribution in [2.75, 3.05) is 13.7 Å². The van der Waals surface area contributed by atoms with Crippen LogP contribution in [0.2, 0.25) is 0 Å². The molecule has 0 bridgehead atoms. The molecule has 0 aliphatic carbocycles. The number of hydrogen-bond acceptors (Lipinski definition) is 8. The third kappa shape index (κ3) is 3.50. The van der Waals surface area contributed by atoms with Gasteiger partial charge in [0.2, 0.25) is 17.1 Å². The number of fused-ring (bicyclic) bond motifs is 1. The molecule has 0 amide bonds. The van der Waals surface area contributed by atoms with Crippen LogP contribution in [0.15, 0.2) is 49.4 Å². The maximum atomic E-state index is 12.6. The first kappa shape index (κ1) is 20.0. The molecule has 1 aromatic carbocycles. The van der Waals surface area contributed by atoms with Crippen LogP contribution in [0, 0.1) is 0 Å². The Bertz CT molecular complexity index is 1010. The van der Waals surface area contributed by atoms with Gasteiger partial charge in [-0.1, -0.05) is 6.07 Å². The van der Waals surface area contributed by atoms with E-state index in [4.69, 9.17) is 24.4 Å². The molecule has 3 N–H and O–H groups in total. The third-order valence-corrected chi connectivity index (χ3v) is 4.79. The van der Waals surface area contributed by atoms with Crippen LogP contribution in [0.5, 0.6) is 11.5 Å². The fourth-order valence-corrected chi connectivity index (χ4v) is 3.52. The smallest absolute Gasteiger partial charge is 0.340 e. The summed E-state index contributed by atoms with van der Waals surface area (Å²) in [6.45, 7) is 1.30. The van der Waals surface area contributed by atoms with E-state index in [1.165, 1.54) is 7.11 Å². The predicted molar refractivity (Wildman–Crippen MR) is 102 cm³/mol. The molecule has 0 radical (unpaired) electrons. The molecule has 8 nitrogen and oxygen atoms in total. The van der Waals surface area contributed by atoms with Crippen LogP contribution in [-0.4, -0.2) is 24.8 Å². The number of rotatable bonds is 5. The van der Waals surface area contributed by atoms with Crippen LogP contribution in [-0.2, 0) is 16.1 Å². The summed E-state index contributed by atoms with van der Waals surface area (Å²) in [6, 6.07) is 6.24. The Kier molecular flexibility index (Phi) is 5.76. The number of nitrogens with two attached hydrogens (primary N) is 1. The maximum Gasteiger partial charge on any atom is 0.340 e. The van der Waals surface area contributed by atoms with Gasteiger partial charge in [0.1, 0.15) is 23.7 Å². The zero-order valence-electron chi connectivity index (χ0n) is 15.2. The summed E-state index contributed by atoms with van der Waals surface area (Å²) in [6.07, 6.45) is 0. The van der Waals surface area contributed by atoms with Gasteiger partial charge in [-0.15, -0.1) is 0 Å². The number of halogens is 1. The zero-order valence-corrected chi connectivity index (χ0v) is 16.7. The lowest BCUT2D eigenvalue weighted by Gasteiger charge is -2.27. The number of carbonyl (C=O) groups excluding carboxylic acids is 1. The molecular formula is C19H18BrNO7. The Labute approximate surface area is 168 Å². The Morgan fingerprint density at radius 3 is 2.71 bits per heavy atom. The number of benzene rings is 1. The topological polar surface area (TPSA) is 121 Å². The standard InChI is InChI=1S/C19H18BrNO7/c1-3-26-19(24)15-14(9-4-5-13(25-2)11(20)6-9)17-16(28-18(15)21)12(23)7-10(8-22)27-17/h4-7,14,22H,3,8,21H2,1-2H3. The molecule has 2 aromatic rings. The molecule has 28 heavy (non-hydrogen) atoms. The third-order valence-electron chi connectivity index (χ3n) is 4.17. The summed E-state index contributed by atoms with van der Waals surface area (Å²) in [4.78, 5) is 25.0. The van der Waals surface area contributed by atoms with Crippen molar-refractivity contribution in [3.8, 4) is 11.5 Å². The fourth-order valence-electron chi connectivity index (χ4n) is 2.96. The molecular weight excluding hydrogens is 434 g/mol. The van der Waals surface area contributed by atoms with E-state index in [0.717, 1.165) is 6.07 Å². The molecule has 0 fully saturated rings. The van der Waals surface area contributed by atoms with Crippen LogP contribution < -0.4 is 20.6 Å². The van der Waals surface area contributed by atoms with Crippen molar-refractivity contribution in [2.24, 2.45) is 5.73 Å². The lowest BCUT2D eigenvalue weighted by molar-refractivity contribution is -0.139. The molecule has 3 rings (SSSR count). The molecule has 0 saturated carbocycles. The number of aliphatic hydroxyl groups is 1. The Morgan fingerprint density at radius 2 is 2.11 bits per heavy atom. The summed E-state index contributed by atoms with van der Waals surface area (Å²) >= 11 is 3.41. The second kappa shape index (κ2) is 8.07. The zero-order chi connectivity index (χ0) is 20.4. The lowest BCUT2D eigenvalue weighted by Crippen LogP contribution is -2.30. The average Bonchev–Trinajstić information content (AvgIpc) is 2.67. The molecule has 1 aliphatic rings. The van der Waals surface area contributed by atoms with Crippen molar-refractivity contribution in [2.45, 2.75) is 19.4 Å². The molecule has 9 heteroatoms. The van der Waals surface area contributed by atoms with Crippen molar-refractivity contribution in [1.82, 2.24) is 0 Å². The van der Waals surface area contributed by atoms with Gasteiger partial charge < -0.3 is 29.5 Å². The normalized spacial score (nSPS) is 15.6. The van der Waals surface area contributed by atoms with Gasteiger partial charge >= 0.3 is 5.97 Å². The molecule has 1 aliphatic heterocycles. The predicted octanol–water partition coefficient (Wildman–Crippen LogP) is 2.16. The SMILES string of the molecule is CCOC(=O)C1=C(N)Oc2c(oc(CO)cc2=O)C1c1ccc(OC)c(Br)c1. The summed E-state index contributed by atoms with van der Waals surface area (Å²) < 4.78 is 22.1. The maximum absolute atomic E-state index is 12.6. The van der Waals surface area contributed by atoms with Gasteiger partial charge in [0.05, 0.1) is 24.1 Å². The first-order chi connectivity index (χ1) is 13.4. The lowest BCUT2D eigenvalue weighted by atomic mass is 9.86. The highest BCUT2D eigenvalue weighted by atomic mass is 79.9. The van der Waals surface area contributed by atoms with Crippen LogP contribution in [0.1, 0.15) is 29.9 Å². The number of hydrogen-bond donors (Lipinski definition) is 2. The largest absolute Gasteiger partial charge is 0.496 e. The van der Waals surface area contributed by atoms with Gasteiger partial charge in [0.25, 0.3) is 0 Å². The Morgan fingerprint density at radius 1 is 1.36 bits per heavy atom. The van der Waals surface area contributed by atoms with Gasteiger partial charge in [0.15, 0.2) is 5.76 Å². The van der Waals surface area contributed by atoms with E-state index in [2.05, 4.69) is 15.9 Å². The molecule has 1 atom stereocenters. The van der Waals surface area contributed by atoms with E-state index in [0.29, 0.717) is 15.8 Å². The molecule has 1 unspecified atom stereocenters. The van der Waals surface area contributed by atoms with E-state index in [1.54, 1.807) is 25.1 Å². The summed E-state index contributed by atoms with van der Waals surface area (Å²) in [5, 5.41) is 9.42. The van der Waals surface area contributed by atoms with Crippen molar-refractivity contribution in [3.05, 3.63) is 67.5 Å². The Balaban J connectivity index is 2.27. The molecule has 0 spiro atoms. The van der Waals surface area contributed by atoms with Crippen molar-refractivity contribution in [1.29, 1.82) is 0 Å². The summed E-state index contributed by atoms with van der Waals surface area (Å²) in [5.41, 5.74) is 6.05. The van der Waals surface area contributed by atoms with E-state index in [-0.39, 0.29) is 35.3 Å². The van der Waals surface area contributed by atoms with Crippen molar-refractivity contribution >= 4 is 21.9 Å². The fraction of sp³-hybridized carbons (Fsp3) is 0.263. The number of ether oxygens (including phenoxy) is 3. The van der Waals surface area contributed by atoms with Gasteiger partial charge in [-0.05, 0) is 40.5 Å². The molecule has 1 aromatic heterocycles. The number of aliphatic hydroxyl groups excluding tert-OH is 1. The minimum atomic E-state index is -0.871. The molecule has 0 saturated heterocycles. The highest BCUT2D eigenvalue weighted by molar-refractivity contribution is 9.10. The van der Waals surface area contributed by atoms with Gasteiger partial charge in [0, 0.05) is 6.07 Å². The highest BCUT2D eigenvalue weighted by Gasteiger charge is 2.39. The van der Waals surface area contributed by atoms with Crippen LogP contribution in [0.25, 0.3) is 0 Å². The van der Waals surface area contributed by atoms with Gasteiger partial charge in [-0.25, -0.2) is 4.79 Å². The monoisotopic (exact) mass is 451 g/mol. The Hall–Kier alpha value is -2.78. The quantitative estimate of drug-likeness (QED) is 0.663. The van der Waals surface area contributed by atoms with Gasteiger partial charge in [-0.2, -0.15) is 0 Å². The molecule has 148 valence electrons. The summed E-state index contributed by atoms with van der Waals surface area (Å²) in [5.74, 6) is -1.27. The average molecular weight is 452 g/mol. The van der Waals surface area contributed by atoms with Gasteiger partial charge in [-0.3, -0.25) is 4.79 Å². The van der Waals surface area contributed by atoms with Crippen LogP contribution >= 0.6 is 15.9 Å². The second-order valence-electron chi connectivity index (χ2n) is 5.86. The van der Waals surface area contributed by atoms with E-state index >= 15 is 0 Å². The summed E-state index contributed by atoms with van der Waals surface area (Å²) in [7, 11) is 1.53. The second-order valence-corrected chi connectivity index (χ2v) is 6.71. The number of esters is 1. The van der Waals surface area contributed by atoms with Crippen molar-refractivity contribution in [3.63, 3.8) is 0 Å². The van der Waals surface area contributed by atoms with E-state index in [9.17, 15) is 14.7 Å². The number of methoxy groups -OCH3 is 1. The minimum absolute atomic E-state index is 0.00431.